The molecule has 0 radical (unpaired) electrons. The number of nitrogens with zero attached hydrogens (tertiary/aromatic N) is 1. The molecule has 0 saturated carbocycles. The highest BCUT2D eigenvalue weighted by Gasteiger charge is 2.34. The molecule has 1 atom stereocenters. The highest BCUT2D eigenvalue weighted by Crippen LogP contribution is 2.33. The molecule has 1 aliphatic heterocycles. The highest BCUT2D eigenvalue weighted by atomic mass is 35.5. The van der Waals surface area contributed by atoms with Crippen LogP contribution in [-0.2, 0) is 5.60 Å². The third-order valence-electron chi connectivity index (χ3n) is 5.10. The number of likely N-dealkylation sites (tertiary alicyclic amines) is 1. The van der Waals surface area contributed by atoms with Crippen LogP contribution in [0.25, 0.3) is 0 Å². The highest BCUT2D eigenvalue weighted by molar-refractivity contribution is 6.30. The van der Waals surface area contributed by atoms with Crippen LogP contribution in [-0.4, -0.2) is 47.5 Å². The van der Waals surface area contributed by atoms with E-state index in [1.165, 1.54) is 0 Å². The van der Waals surface area contributed by atoms with E-state index in [9.17, 15) is 10.2 Å². The second kappa shape index (κ2) is 8.80. The zero-order chi connectivity index (χ0) is 19.4. The molecule has 146 valence electrons. The van der Waals surface area contributed by atoms with Gasteiger partial charge in [0.05, 0.1) is 5.60 Å². The van der Waals surface area contributed by atoms with E-state index in [2.05, 4.69) is 4.90 Å². The van der Waals surface area contributed by atoms with E-state index in [-0.39, 0.29) is 6.61 Å². The molecule has 2 aromatic carbocycles. The van der Waals surface area contributed by atoms with Gasteiger partial charge in [-0.05, 0) is 61.2 Å². The van der Waals surface area contributed by atoms with Gasteiger partial charge in [-0.3, -0.25) is 0 Å². The summed E-state index contributed by atoms with van der Waals surface area (Å²) in [4.78, 5) is 2.16. The summed E-state index contributed by atoms with van der Waals surface area (Å²) in [5.74, 6) is 0.731. The van der Waals surface area contributed by atoms with Gasteiger partial charge >= 0.3 is 0 Å². The van der Waals surface area contributed by atoms with E-state index in [1.54, 1.807) is 18.2 Å². The first kappa shape index (κ1) is 20.4. The third kappa shape index (κ3) is 5.37. The van der Waals surface area contributed by atoms with Crippen molar-refractivity contribution < 1.29 is 14.9 Å². The van der Waals surface area contributed by atoms with Gasteiger partial charge in [-0.25, -0.2) is 0 Å². The molecule has 0 aliphatic carbocycles. The maximum atomic E-state index is 10.9. The lowest BCUT2D eigenvalue weighted by molar-refractivity contribution is -0.0372. The molecule has 6 heteroatoms. The van der Waals surface area contributed by atoms with Crippen molar-refractivity contribution in [2.75, 3.05) is 26.2 Å². The lowest BCUT2D eigenvalue weighted by Crippen LogP contribution is -2.46. The second-order valence-corrected chi connectivity index (χ2v) is 8.09. The molecule has 3 rings (SSSR count). The van der Waals surface area contributed by atoms with E-state index < -0.39 is 11.7 Å². The van der Waals surface area contributed by atoms with Gasteiger partial charge in [-0.2, -0.15) is 0 Å². The van der Waals surface area contributed by atoms with Gasteiger partial charge in [0.1, 0.15) is 18.5 Å². The number of rotatable bonds is 6. The number of ether oxygens (including phenoxy) is 1. The van der Waals surface area contributed by atoms with E-state index in [0.29, 0.717) is 29.4 Å². The van der Waals surface area contributed by atoms with E-state index in [4.69, 9.17) is 27.9 Å². The molecule has 1 saturated heterocycles. The van der Waals surface area contributed by atoms with Crippen LogP contribution in [0.5, 0.6) is 5.75 Å². The fraction of sp³-hybridized carbons (Fsp3) is 0.429. The monoisotopic (exact) mass is 409 g/mol. The summed E-state index contributed by atoms with van der Waals surface area (Å²) < 4.78 is 5.72. The molecule has 2 N–H and O–H groups in total. The number of aliphatic hydroxyl groups is 2. The fourth-order valence-electron chi connectivity index (χ4n) is 3.47. The Morgan fingerprint density at radius 1 is 1.07 bits per heavy atom. The molecule has 0 bridgehead atoms. The van der Waals surface area contributed by atoms with Gasteiger partial charge in [0.2, 0.25) is 0 Å². The minimum absolute atomic E-state index is 0.223. The summed E-state index contributed by atoms with van der Waals surface area (Å²) in [5, 5.41) is 22.6. The van der Waals surface area contributed by atoms with Crippen molar-refractivity contribution in [1.82, 2.24) is 4.90 Å². The predicted molar refractivity (Wildman–Crippen MR) is 109 cm³/mol. The molecule has 2 aromatic rings. The van der Waals surface area contributed by atoms with Crippen LogP contribution >= 0.6 is 23.2 Å². The molecule has 27 heavy (non-hydrogen) atoms. The number of aliphatic hydroxyl groups excluding tert-OH is 1. The summed E-state index contributed by atoms with van der Waals surface area (Å²) in [7, 11) is 0. The number of hydrogen-bond acceptors (Lipinski definition) is 4. The largest absolute Gasteiger partial charge is 0.491 e. The Bertz CT molecular complexity index is 759. The minimum atomic E-state index is -0.830. The van der Waals surface area contributed by atoms with Gasteiger partial charge in [0, 0.05) is 29.7 Å². The summed E-state index contributed by atoms with van der Waals surface area (Å²) in [5.41, 5.74) is 1.01. The van der Waals surface area contributed by atoms with Crippen molar-refractivity contribution in [2.45, 2.75) is 31.5 Å². The summed E-state index contributed by atoms with van der Waals surface area (Å²) in [6.45, 7) is 4.10. The molecule has 0 amide bonds. The lowest BCUT2D eigenvalue weighted by atomic mass is 9.84. The summed E-state index contributed by atoms with van der Waals surface area (Å²) in [6.07, 6.45) is 0.651. The van der Waals surface area contributed by atoms with Gasteiger partial charge in [-0.1, -0.05) is 35.3 Å². The Hall–Kier alpha value is -1.30. The smallest absolute Gasteiger partial charge is 0.122 e. The van der Waals surface area contributed by atoms with E-state index in [0.717, 1.165) is 30.0 Å². The molecule has 1 aliphatic rings. The predicted octanol–water partition coefficient (Wildman–Crippen LogP) is 4.03. The van der Waals surface area contributed by atoms with Crippen molar-refractivity contribution in [2.24, 2.45) is 0 Å². The van der Waals surface area contributed by atoms with E-state index >= 15 is 0 Å². The Kier molecular flexibility index (Phi) is 6.66. The third-order valence-corrected chi connectivity index (χ3v) is 5.59. The normalized spacial score (nSPS) is 18.3. The SMILES string of the molecule is Cc1cc(Cl)ccc1OC[C@H](O)CN1CCC(O)(c2ccc(Cl)cc2)CC1. The quantitative estimate of drug-likeness (QED) is 0.755. The first-order valence-electron chi connectivity index (χ1n) is 9.13. The van der Waals surface area contributed by atoms with Crippen LogP contribution in [0.4, 0.5) is 0 Å². The Balaban J connectivity index is 1.47. The lowest BCUT2D eigenvalue weighted by Gasteiger charge is -2.39. The average molecular weight is 410 g/mol. The molecule has 4 nitrogen and oxygen atoms in total. The number of piperidine rings is 1. The molecule has 0 aromatic heterocycles. The van der Waals surface area contributed by atoms with Gasteiger partial charge in [-0.15, -0.1) is 0 Å². The van der Waals surface area contributed by atoms with Crippen molar-refractivity contribution in [1.29, 1.82) is 0 Å². The molecule has 0 unspecified atom stereocenters. The zero-order valence-electron chi connectivity index (χ0n) is 15.4. The average Bonchev–Trinajstić information content (AvgIpc) is 2.63. The Morgan fingerprint density at radius 2 is 1.70 bits per heavy atom. The molecule has 1 heterocycles. The van der Waals surface area contributed by atoms with Crippen LogP contribution in [0, 0.1) is 6.92 Å². The molecule has 0 spiro atoms. The second-order valence-electron chi connectivity index (χ2n) is 7.21. The van der Waals surface area contributed by atoms with E-state index in [1.807, 2.05) is 31.2 Å². The maximum absolute atomic E-state index is 10.9. The summed E-state index contributed by atoms with van der Waals surface area (Å²) in [6, 6.07) is 12.8. The van der Waals surface area contributed by atoms with Crippen LogP contribution < -0.4 is 4.74 Å². The van der Waals surface area contributed by atoms with Crippen LogP contribution in [0.15, 0.2) is 42.5 Å². The van der Waals surface area contributed by atoms with Crippen molar-refractivity contribution in [3.8, 4) is 5.75 Å². The Morgan fingerprint density at radius 3 is 2.33 bits per heavy atom. The van der Waals surface area contributed by atoms with Crippen molar-refractivity contribution in [3.63, 3.8) is 0 Å². The number of β-amino-alcohol motifs (C(OH)–C–C–N with tert-alkyl or cyclic N) is 1. The number of aryl methyl sites for hydroxylation is 1. The number of hydrogen-bond donors (Lipinski definition) is 2. The minimum Gasteiger partial charge on any atom is -0.491 e. The van der Waals surface area contributed by atoms with Crippen LogP contribution in [0.3, 0.4) is 0 Å². The number of halogens is 2. The van der Waals surface area contributed by atoms with Gasteiger partial charge in [0.25, 0.3) is 0 Å². The Labute approximate surface area is 170 Å². The standard InChI is InChI=1S/C21H25Cl2NO3/c1-15-12-18(23)6-7-20(15)27-14-19(25)13-24-10-8-21(26,9-11-24)16-2-4-17(22)5-3-16/h2-7,12,19,25-26H,8-11,13-14H2,1H3/t19-/m1/s1. The van der Waals surface area contributed by atoms with Crippen molar-refractivity contribution in [3.05, 3.63) is 63.6 Å². The first-order chi connectivity index (χ1) is 12.9. The van der Waals surface area contributed by atoms with Crippen molar-refractivity contribution >= 4 is 23.2 Å². The van der Waals surface area contributed by atoms with Crippen LogP contribution in [0.1, 0.15) is 24.0 Å². The van der Waals surface area contributed by atoms with Gasteiger partial charge in [0.15, 0.2) is 0 Å². The topological polar surface area (TPSA) is 52.9 Å². The fourth-order valence-corrected chi connectivity index (χ4v) is 3.82. The molecular formula is C21H25Cl2NO3. The molecule has 1 fully saturated rings. The zero-order valence-corrected chi connectivity index (χ0v) is 16.9. The van der Waals surface area contributed by atoms with Crippen LogP contribution in [0.2, 0.25) is 10.0 Å². The molecular weight excluding hydrogens is 385 g/mol. The maximum Gasteiger partial charge on any atom is 0.122 e. The number of benzene rings is 2. The first-order valence-corrected chi connectivity index (χ1v) is 9.89. The summed E-state index contributed by atoms with van der Waals surface area (Å²) >= 11 is 11.9. The van der Waals surface area contributed by atoms with Gasteiger partial charge < -0.3 is 19.8 Å².